The normalized spacial score (nSPS) is 54.1. The third-order valence-electron chi connectivity index (χ3n) is 5.21. The highest BCUT2D eigenvalue weighted by molar-refractivity contribution is 5.81. The van der Waals surface area contributed by atoms with Crippen molar-refractivity contribution in [2.24, 2.45) is 23.7 Å². The molecule has 0 heterocycles. The Morgan fingerprint density at radius 1 is 1.36 bits per heavy atom. The average molecular weight is 193 g/mol. The molecule has 4 bridgehead atoms. The van der Waals surface area contributed by atoms with Gasteiger partial charge in [0.2, 0.25) is 0 Å². The molecule has 14 heavy (non-hydrogen) atoms. The van der Waals surface area contributed by atoms with Gasteiger partial charge in [-0.3, -0.25) is 4.79 Å². The van der Waals surface area contributed by atoms with Crippen molar-refractivity contribution in [3.8, 4) is 0 Å². The summed E-state index contributed by atoms with van der Waals surface area (Å²) in [7, 11) is 2.05. The Morgan fingerprint density at radius 2 is 2.14 bits per heavy atom. The molecule has 0 spiro atoms. The molecule has 2 heteroatoms. The Kier molecular flexibility index (Phi) is 1.65. The van der Waals surface area contributed by atoms with Crippen LogP contribution in [0, 0.1) is 23.7 Å². The van der Waals surface area contributed by atoms with Crippen molar-refractivity contribution in [2.75, 3.05) is 7.05 Å². The predicted molar refractivity (Wildman–Crippen MR) is 54.9 cm³/mol. The van der Waals surface area contributed by atoms with Crippen LogP contribution in [-0.2, 0) is 4.79 Å². The molecule has 5 saturated carbocycles. The molecule has 2 nitrogen and oxygen atoms in total. The van der Waals surface area contributed by atoms with E-state index < -0.39 is 0 Å². The summed E-state index contributed by atoms with van der Waals surface area (Å²) in [5.74, 6) is 3.20. The Bertz CT molecular complexity index is 288. The van der Waals surface area contributed by atoms with Crippen molar-refractivity contribution >= 4 is 5.78 Å². The van der Waals surface area contributed by atoms with E-state index in [1.54, 1.807) is 6.92 Å². The molecule has 0 aromatic heterocycles. The molecule has 78 valence electrons. The van der Waals surface area contributed by atoms with E-state index in [0.717, 1.165) is 11.8 Å². The first-order valence-electron chi connectivity index (χ1n) is 5.88. The van der Waals surface area contributed by atoms with Crippen LogP contribution in [0.4, 0.5) is 0 Å². The molecule has 0 radical (unpaired) electrons. The van der Waals surface area contributed by atoms with E-state index in [1.807, 2.05) is 7.05 Å². The van der Waals surface area contributed by atoms with Gasteiger partial charge in [0.15, 0.2) is 0 Å². The second kappa shape index (κ2) is 2.60. The first-order chi connectivity index (χ1) is 6.69. The Labute approximate surface area is 85.4 Å². The summed E-state index contributed by atoms with van der Waals surface area (Å²) in [6.07, 6.45) is 5.25. The standard InChI is InChI=1S/C12H19NO/c1-7(14)11-8-3-4-10-9(5-8)6-12(10,11)13-2/h8-11,13H,3-6H2,1-2H3/t8?,9?,10?,11-,12?/m1/s1. The van der Waals surface area contributed by atoms with Gasteiger partial charge in [-0.2, -0.15) is 0 Å². The largest absolute Gasteiger partial charge is 0.313 e. The number of ketones is 1. The fourth-order valence-electron chi connectivity index (χ4n) is 4.85. The van der Waals surface area contributed by atoms with E-state index in [2.05, 4.69) is 5.32 Å². The maximum absolute atomic E-state index is 11.7. The van der Waals surface area contributed by atoms with Crippen LogP contribution in [0.25, 0.3) is 0 Å². The maximum atomic E-state index is 11.7. The molecule has 5 aliphatic rings. The molecule has 5 aliphatic carbocycles. The molecule has 0 amide bonds. The fourth-order valence-corrected chi connectivity index (χ4v) is 4.85. The van der Waals surface area contributed by atoms with E-state index in [4.69, 9.17) is 0 Å². The Hall–Kier alpha value is -0.370. The van der Waals surface area contributed by atoms with E-state index in [1.165, 1.54) is 25.7 Å². The summed E-state index contributed by atoms with van der Waals surface area (Å²) in [6, 6.07) is 0. The minimum absolute atomic E-state index is 0.220. The minimum Gasteiger partial charge on any atom is -0.313 e. The molecular weight excluding hydrogens is 174 g/mol. The number of hydrogen-bond acceptors (Lipinski definition) is 2. The number of nitrogens with one attached hydrogen (secondary N) is 1. The van der Waals surface area contributed by atoms with Gasteiger partial charge in [0.25, 0.3) is 0 Å². The van der Waals surface area contributed by atoms with Crippen LogP contribution >= 0.6 is 0 Å². The van der Waals surface area contributed by atoms with E-state index in [9.17, 15) is 4.79 Å². The SMILES string of the molecule is CNC12CC3CC(CCC31)[C@H]2C(C)=O. The highest BCUT2D eigenvalue weighted by Crippen LogP contribution is 2.64. The van der Waals surface area contributed by atoms with Crippen molar-refractivity contribution in [3.05, 3.63) is 0 Å². The molecular formula is C12H19NO. The van der Waals surface area contributed by atoms with Crippen molar-refractivity contribution in [2.45, 2.75) is 38.1 Å². The average Bonchev–Trinajstić information content (AvgIpc) is 2.16. The number of hydrogen-bond donors (Lipinski definition) is 1. The van der Waals surface area contributed by atoms with Crippen LogP contribution in [0.1, 0.15) is 32.6 Å². The van der Waals surface area contributed by atoms with Crippen molar-refractivity contribution in [1.82, 2.24) is 5.32 Å². The number of rotatable bonds is 2. The molecule has 0 saturated heterocycles. The third-order valence-corrected chi connectivity index (χ3v) is 5.21. The second-order valence-corrected chi connectivity index (χ2v) is 5.52. The zero-order valence-electron chi connectivity index (χ0n) is 9.05. The maximum Gasteiger partial charge on any atom is 0.135 e. The first-order valence-corrected chi connectivity index (χ1v) is 5.88. The number of carbonyl (C=O) groups is 1. The summed E-state index contributed by atoms with van der Waals surface area (Å²) in [5, 5.41) is 3.49. The molecule has 5 fully saturated rings. The van der Waals surface area contributed by atoms with Crippen LogP contribution in [-0.4, -0.2) is 18.4 Å². The molecule has 4 unspecified atom stereocenters. The van der Waals surface area contributed by atoms with E-state index in [-0.39, 0.29) is 5.54 Å². The summed E-state index contributed by atoms with van der Waals surface area (Å²) in [5.41, 5.74) is 0.220. The first kappa shape index (κ1) is 8.90. The van der Waals surface area contributed by atoms with Crippen LogP contribution in [0.2, 0.25) is 0 Å². The van der Waals surface area contributed by atoms with Gasteiger partial charge in [-0.25, -0.2) is 0 Å². The summed E-state index contributed by atoms with van der Waals surface area (Å²) < 4.78 is 0. The molecule has 0 aliphatic heterocycles. The Balaban J connectivity index is 1.99. The topological polar surface area (TPSA) is 29.1 Å². The van der Waals surface area contributed by atoms with Gasteiger partial charge in [-0.05, 0) is 57.4 Å². The minimum atomic E-state index is 0.220. The van der Waals surface area contributed by atoms with E-state index >= 15 is 0 Å². The van der Waals surface area contributed by atoms with Crippen LogP contribution in [0.3, 0.4) is 0 Å². The predicted octanol–water partition coefficient (Wildman–Crippen LogP) is 1.60. The molecule has 0 aromatic carbocycles. The lowest BCUT2D eigenvalue weighted by Gasteiger charge is -2.69. The van der Waals surface area contributed by atoms with Gasteiger partial charge >= 0.3 is 0 Å². The summed E-state index contributed by atoms with van der Waals surface area (Å²) in [4.78, 5) is 11.7. The van der Waals surface area contributed by atoms with E-state index in [0.29, 0.717) is 17.6 Å². The lowest BCUT2D eigenvalue weighted by molar-refractivity contribution is -0.170. The molecule has 5 atom stereocenters. The monoisotopic (exact) mass is 193 g/mol. The van der Waals surface area contributed by atoms with Gasteiger partial charge in [0.1, 0.15) is 5.78 Å². The lowest BCUT2D eigenvalue weighted by atomic mass is 9.39. The van der Waals surface area contributed by atoms with Gasteiger partial charge in [-0.15, -0.1) is 0 Å². The van der Waals surface area contributed by atoms with Gasteiger partial charge in [0, 0.05) is 11.5 Å². The van der Waals surface area contributed by atoms with Crippen LogP contribution in [0.5, 0.6) is 0 Å². The third kappa shape index (κ3) is 0.796. The highest BCUT2D eigenvalue weighted by Gasteiger charge is 2.66. The quantitative estimate of drug-likeness (QED) is 0.721. The van der Waals surface area contributed by atoms with Gasteiger partial charge < -0.3 is 5.32 Å². The highest BCUT2D eigenvalue weighted by atomic mass is 16.1. The zero-order valence-corrected chi connectivity index (χ0v) is 9.05. The molecule has 5 rings (SSSR count). The molecule has 1 N–H and O–H groups in total. The van der Waals surface area contributed by atoms with Crippen molar-refractivity contribution in [1.29, 1.82) is 0 Å². The summed E-state index contributed by atoms with van der Waals surface area (Å²) in [6.45, 7) is 1.79. The number of Topliss-reactive ketones (excluding diaryl/α,β-unsaturated/α-hetero) is 1. The Morgan fingerprint density at radius 3 is 2.64 bits per heavy atom. The van der Waals surface area contributed by atoms with Crippen molar-refractivity contribution < 1.29 is 4.79 Å². The molecule has 0 aromatic rings. The van der Waals surface area contributed by atoms with Crippen molar-refractivity contribution in [3.63, 3.8) is 0 Å². The van der Waals surface area contributed by atoms with Crippen LogP contribution < -0.4 is 5.32 Å². The summed E-state index contributed by atoms with van der Waals surface area (Å²) >= 11 is 0. The number of carbonyl (C=O) groups excluding carboxylic acids is 1. The lowest BCUT2D eigenvalue weighted by Crippen LogP contribution is -2.74. The second-order valence-electron chi connectivity index (χ2n) is 5.52. The van der Waals surface area contributed by atoms with Crippen LogP contribution in [0.15, 0.2) is 0 Å². The number of fused-ring (bicyclic) bond motifs is 1. The fraction of sp³-hybridized carbons (Fsp3) is 0.917. The van der Waals surface area contributed by atoms with Gasteiger partial charge in [-0.1, -0.05) is 0 Å². The smallest absolute Gasteiger partial charge is 0.135 e. The van der Waals surface area contributed by atoms with Gasteiger partial charge in [0.05, 0.1) is 0 Å². The zero-order chi connectivity index (χ0) is 9.92.